The van der Waals surface area contributed by atoms with E-state index < -0.39 is 65.1 Å². The zero-order chi connectivity index (χ0) is 63.9. The van der Waals surface area contributed by atoms with Crippen molar-refractivity contribution in [3.8, 4) is 0 Å². The number of aromatic nitrogens is 11. The lowest BCUT2D eigenvalue weighted by Gasteiger charge is -2.12. The number of anilines is 7. The molecule has 466 valence electrons. The van der Waals surface area contributed by atoms with Crippen molar-refractivity contribution >= 4 is 105 Å². The first-order valence-corrected chi connectivity index (χ1v) is 27.4. The third-order valence-corrected chi connectivity index (χ3v) is 13.1. The molecule has 7 aromatic heterocycles. The highest BCUT2D eigenvalue weighted by Gasteiger charge is 2.24. The number of imidazole rings is 4. The van der Waals surface area contributed by atoms with Crippen LogP contribution < -0.4 is 64.2 Å². The van der Waals surface area contributed by atoms with E-state index in [1.165, 1.54) is 79.2 Å². The molecular formula is C54H69N23O11. The van der Waals surface area contributed by atoms with Crippen molar-refractivity contribution in [3.63, 3.8) is 0 Å². The quantitative estimate of drug-likeness (QED) is 0.0313. The van der Waals surface area contributed by atoms with E-state index in [9.17, 15) is 52.7 Å². The number of nitrogens with one attached hydrogen (secondary N) is 11. The highest BCUT2D eigenvalue weighted by Crippen LogP contribution is 2.21. The number of carbonyl (C=O) groups excluding carboxylic acids is 11. The van der Waals surface area contributed by atoms with Crippen LogP contribution in [0.15, 0.2) is 67.8 Å². The Bertz CT molecular complexity index is 3790. The number of hydrogen-bond acceptors (Lipinski definition) is 16. The summed E-state index contributed by atoms with van der Waals surface area (Å²) in [5.74, 6) is -5.10. The van der Waals surface area contributed by atoms with Crippen molar-refractivity contribution in [3.05, 3.63) is 102 Å². The minimum atomic E-state index is -1.11. The Morgan fingerprint density at radius 3 is 1.45 bits per heavy atom. The molecular weight excluding hydrogens is 1150 g/mol. The van der Waals surface area contributed by atoms with E-state index in [0.717, 1.165) is 6.42 Å². The second-order valence-electron chi connectivity index (χ2n) is 20.2. The highest BCUT2D eigenvalue weighted by molar-refractivity contribution is 6.06. The first kappa shape index (κ1) is 64.4. The molecule has 0 bridgehead atoms. The summed E-state index contributed by atoms with van der Waals surface area (Å²) in [6.45, 7) is 2.44. The van der Waals surface area contributed by atoms with Crippen LogP contribution in [0.25, 0.3) is 0 Å². The number of nitrogens with zero attached hydrogens (tertiary/aromatic N) is 11. The lowest BCUT2D eigenvalue weighted by atomic mass is 10.2. The van der Waals surface area contributed by atoms with Crippen LogP contribution in [0.5, 0.6) is 0 Å². The summed E-state index contributed by atoms with van der Waals surface area (Å²) in [4.78, 5) is 158. The van der Waals surface area contributed by atoms with Crippen molar-refractivity contribution in [1.82, 2.24) is 73.2 Å². The van der Waals surface area contributed by atoms with Gasteiger partial charge < -0.3 is 96.2 Å². The molecule has 88 heavy (non-hydrogen) atoms. The molecule has 0 spiro atoms. The van der Waals surface area contributed by atoms with Crippen LogP contribution in [0.3, 0.4) is 0 Å². The summed E-state index contributed by atoms with van der Waals surface area (Å²) in [5, 5.41) is 29.2. The van der Waals surface area contributed by atoms with Crippen LogP contribution >= 0.6 is 0 Å². The van der Waals surface area contributed by atoms with Gasteiger partial charge in [0.25, 0.3) is 35.4 Å². The molecule has 7 rings (SSSR count). The maximum absolute atomic E-state index is 13.3. The SMILES string of the molecule is CCCNC(=O)CCNC(=O)c1nc(NC(=O)c2cc(NC(=O)CCNC(=O)c3nc(NC(=O)[C@H](N)CCNC(=O)c4cc(NC(=O)c5nc(NC(=O)CCC(=O)Nc6cc(NC(=O)c7nccn7C)cn6C)cn5C)cn4C)cn3C)cn2C)cn1C. The van der Waals surface area contributed by atoms with Gasteiger partial charge in [-0.15, -0.1) is 0 Å². The predicted octanol–water partition coefficient (Wildman–Crippen LogP) is 0.241. The zero-order valence-corrected chi connectivity index (χ0v) is 49.5. The summed E-state index contributed by atoms with van der Waals surface area (Å²) < 4.78 is 10.3. The minimum Gasteiger partial charge on any atom is -0.356 e. The van der Waals surface area contributed by atoms with Crippen LogP contribution in [0.4, 0.5) is 40.3 Å². The largest absolute Gasteiger partial charge is 0.356 e. The van der Waals surface area contributed by atoms with Gasteiger partial charge in [0.1, 0.15) is 17.2 Å². The fourth-order valence-corrected chi connectivity index (χ4v) is 8.56. The average molecular weight is 1220 g/mol. The van der Waals surface area contributed by atoms with Gasteiger partial charge in [0.2, 0.25) is 47.0 Å². The van der Waals surface area contributed by atoms with E-state index in [4.69, 9.17) is 5.73 Å². The monoisotopic (exact) mass is 1220 g/mol. The Morgan fingerprint density at radius 2 is 0.886 bits per heavy atom. The Hall–Kier alpha value is -11.2. The third-order valence-electron chi connectivity index (χ3n) is 13.1. The summed E-state index contributed by atoms with van der Waals surface area (Å²) in [6, 6.07) is 3.31. The number of amides is 11. The molecule has 0 saturated carbocycles. The molecule has 0 unspecified atom stereocenters. The minimum absolute atomic E-state index is 0.00147. The number of carbonyl (C=O) groups is 11. The van der Waals surface area contributed by atoms with Crippen molar-refractivity contribution in [2.45, 2.75) is 51.5 Å². The van der Waals surface area contributed by atoms with Gasteiger partial charge in [-0.2, -0.15) is 0 Å². The van der Waals surface area contributed by atoms with Crippen molar-refractivity contribution in [2.24, 2.45) is 55.1 Å². The number of nitrogens with two attached hydrogens (primary N) is 1. The molecule has 34 nitrogen and oxygen atoms in total. The van der Waals surface area contributed by atoms with E-state index in [1.807, 2.05) is 6.92 Å². The van der Waals surface area contributed by atoms with Gasteiger partial charge in [-0.1, -0.05) is 6.92 Å². The fraction of sp³-hybridized carbons (Fsp3) is 0.352. The second-order valence-corrected chi connectivity index (χ2v) is 20.2. The Labute approximate surface area is 502 Å². The molecule has 13 N–H and O–H groups in total. The molecule has 0 aromatic carbocycles. The highest BCUT2D eigenvalue weighted by atomic mass is 16.2. The first-order chi connectivity index (χ1) is 41.8. The molecule has 0 aliphatic rings. The van der Waals surface area contributed by atoms with E-state index in [0.29, 0.717) is 23.7 Å². The number of aryl methyl sites for hydroxylation is 7. The zero-order valence-electron chi connectivity index (χ0n) is 49.5. The summed E-state index contributed by atoms with van der Waals surface area (Å²) >= 11 is 0. The molecule has 11 amide bonds. The van der Waals surface area contributed by atoms with Gasteiger partial charge in [0, 0.05) is 157 Å². The Morgan fingerprint density at radius 1 is 0.420 bits per heavy atom. The topological polar surface area (TPSA) is 432 Å². The molecule has 0 radical (unpaired) electrons. The van der Waals surface area contributed by atoms with Gasteiger partial charge >= 0.3 is 0 Å². The van der Waals surface area contributed by atoms with E-state index in [1.54, 1.807) is 69.9 Å². The predicted molar refractivity (Wildman–Crippen MR) is 319 cm³/mol. The van der Waals surface area contributed by atoms with Crippen LogP contribution in [0.2, 0.25) is 0 Å². The molecule has 34 heteroatoms. The molecule has 7 aromatic rings. The second kappa shape index (κ2) is 29.1. The van der Waals surface area contributed by atoms with Gasteiger partial charge in [-0.3, -0.25) is 52.7 Å². The maximum atomic E-state index is 13.3. The van der Waals surface area contributed by atoms with Crippen LogP contribution in [0, 0.1) is 0 Å². The summed E-state index contributed by atoms with van der Waals surface area (Å²) in [7, 11) is 11.2. The molecule has 0 saturated heterocycles. The molecule has 0 aliphatic heterocycles. The van der Waals surface area contributed by atoms with Crippen LogP contribution in [-0.4, -0.2) is 149 Å². The molecule has 7 heterocycles. The Balaban J connectivity index is 0.782. The standard InChI is InChI=1S/C54H69N23O11/c1-9-15-56-40(78)13-17-59-51(85)46-67-38(29-76(46)7)69-50(84)35-21-30(24-73(35)4)61-43(81)14-18-60-52(86)45-66-37(28-75(45)6)68-48(82)33(55)12-16-58-49(83)34-22-31(25-72(34)3)62-54(88)47-65-36(27-77(47)8)64-41(79)10-11-42(80)70-39-23-32(26-74(39)5)63-53(87)44-57-19-20-71(44)2/h19-29,33H,9-18,55H2,1-8H3,(H,56,78)(H,58,83)(H,59,85)(H,60,86)(H,61,81)(H,62,88)(H,63,87)(H,64,79)(H,68,82)(H,69,84)(H,70,80)/t33-/m1/s1. The van der Waals surface area contributed by atoms with Crippen molar-refractivity contribution < 1.29 is 52.7 Å². The van der Waals surface area contributed by atoms with Gasteiger partial charge in [-0.25, -0.2) is 19.9 Å². The average Bonchev–Trinajstić information content (AvgIpc) is 4.55. The number of hydrogen-bond donors (Lipinski definition) is 12. The lowest BCUT2D eigenvalue weighted by molar-refractivity contribution is -0.121. The summed E-state index contributed by atoms with van der Waals surface area (Å²) in [6.07, 6.45) is 12.3. The van der Waals surface area contributed by atoms with Crippen molar-refractivity contribution in [2.75, 3.05) is 63.4 Å². The first-order valence-electron chi connectivity index (χ1n) is 27.4. The summed E-state index contributed by atoms with van der Waals surface area (Å²) in [5.41, 5.74) is 7.42. The van der Waals surface area contributed by atoms with E-state index in [2.05, 4.69) is 78.4 Å². The van der Waals surface area contributed by atoms with Crippen molar-refractivity contribution in [1.29, 1.82) is 0 Å². The maximum Gasteiger partial charge on any atom is 0.291 e. The molecule has 1 atom stereocenters. The Kier molecular flexibility index (Phi) is 21.3. The van der Waals surface area contributed by atoms with Gasteiger partial charge in [0.15, 0.2) is 23.3 Å². The van der Waals surface area contributed by atoms with Crippen LogP contribution in [-0.2, 0) is 73.3 Å². The number of rotatable bonds is 28. The lowest BCUT2D eigenvalue weighted by Crippen LogP contribution is -2.39. The normalized spacial score (nSPS) is 11.2. The van der Waals surface area contributed by atoms with E-state index >= 15 is 0 Å². The van der Waals surface area contributed by atoms with E-state index in [-0.39, 0.29) is 115 Å². The molecule has 0 aliphatic carbocycles. The molecule has 0 fully saturated rings. The van der Waals surface area contributed by atoms with Gasteiger partial charge in [0.05, 0.1) is 23.1 Å². The fourth-order valence-electron chi connectivity index (χ4n) is 8.56. The smallest absolute Gasteiger partial charge is 0.291 e. The van der Waals surface area contributed by atoms with Crippen LogP contribution in [0.1, 0.15) is 109 Å². The third kappa shape index (κ3) is 17.2. The van der Waals surface area contributed by atoms with Gasteiger partial charge in [-0.05, 0) is 25.0 Å².